The summed E-state index contributed by atoms with van der Waals surface area (Å²) >= 11 is 3.98. The summed E-state index contributed by atoms with van der Waals surface area (Å²) in [6.45, 7) is 4.60. The van der Waals surface area contributed by atoms with E-state index in [0.29, 0.717) is 0 Å². The molecule has 0 fully saturated rings. The molecule has 0 aliphatic heterocycles. The molecule has 4 aromatic carbocycles. The first-order valence-corrected chi connectivity index (χ1v) is 19.6. The van der Waals surface area contributed by atoms with Gasteiger partial charge in [0.2, 0.25) is 0 Å². The second-order valence-corrected chi connectivity index (χ2v) is 15.5. The third kappa shape index (κ3) is 7.68. The van der Waals surface area contributed by atoms with Crippen molar-refractivity contribution in [2.45, 2.75) is 129 Å². The second-order valence-electron chi connectivity index (χ2n) is 13.4. The highest BCUT2D eigenvalue weighted by Gasteiger charge is 2.14. The van der Waals surface area contributed by atoms with Gasteiger partial charge in [0.05, 0.1) is 9.40 Å². The number of hydrogen-bond acceptors (Lipinski definition) is 2. The van der Waals surface area contributed by atoms with E-state index in [4.69, 9.17) is 0 Å². The SMILES string of the molecule is CCCCCCCCCCc1ccc2cc3sc4c5cc6cc(CCCCCCCCCC)ccc6cc5sc4c3cc2c1. The molecular weight excluding hydrogens is 569 g/mol. The van der Waals surface area contributed by atoms with Gasteiger partial charge in [-0.1, -0.05) is 140 Å². The quantitative estimate of drug-likeness (QED) is 0.0839. The molecule has 232 valence electrons. The van der Waals surface area contributed by atoms with E-state index in [2.05, 4.69) is 74.5 Å². The first-order chi connectivity index (χ1) is 21.7. The van der Waals surface area contributed by atoms with Crippen LogP contribution >= 0.6 is 22.7 Å². The van der Waals surface area contributed by atoms with Crippen molar-refractivity contribution in [2.75, 3.05) is 0 Å². The van der Waals surface area contributed by atoms with Crippen LogP contribution in [-0.2, 0) is 12.8 Å². The number of aryl methyl sites for hydroxylation is 2. The highest BCUT2D eigenvalue weighted by molar-refractivity contribution is 7.36. The molecule has 0 saturated carbocycles. The van der Waals surface area contributed by atoms with Crippen LogP contribution in [0.15, 0.2) is 60.7 Å². The molecule has 0 saturated heterocycles. The fourth-order valence-electron chi connectivity index (χ4n) is 7.08. The Hall–Kier alpha value is -2.42. The molecular formula is C42H52S2. The van der Waals surface area contributed by atoms with Crippen molar-refractivity contribution in [1.29, 1.82) is 0 Å². The summed E-state index contributed by atoms with van der Waals surface area (Å²) in [6.07, 6.45) is 24.5. The van der Waals surface area contributed by atoms with Crippen molar-refractivity contribution in [1.82, 2.24) is 0 Å². The maximum Gasteiger partial charge on any atom is 0.0542 e. The van der Waals surface area contributed by atoms with Crippen molar-refractivity contribution in [3.8, 4) is 0 Å². The van der Waals surface area contributed by atoms with E-state index in [1.165, 1.54) is 178 Å². The molecule has 0 bridgehead atoms. The molecule has 0 radical (unpaired) electrons. The molecule has 0 nitrogen and oxygen atoms in total. The maximum atomic E-state index is 2.48. The third-order valence-corrected chi connectivity index (χ3v) is 12.3. The predicted molar refractivity (Wildman–Crippen MR) is 202 cm³/mol. The number of unbranched alkanes of at least 4 members (excludes halogenated alkanes) is 14. The lowest BCUT2D eigenvalue weighted by atomic mass is 10.0. The highest BCUT2D eigenvalue weighted by Crippen LogP contribution is 2.46. The topological polar surface area (TPSA) is 0 Å². The van der Waals surface area contributed by atoms with Crippen LogP contribution < -0.4 is 0 Å². The van der Waals surface area contributed by atoms with Gasteiger partial charge in [-0.25, -0.2) is 0 Å². The average Bonchev–Trinajstić information content (AvgIpc) is 3.56. The maximum absolute atomic E-state index is 2.48. The predicted octanol–water partition coefficient (Wildman–Crippen LogP) is 14.9. The monoisotopic (exact) mass is 620 g/mol. The van der Waals surface area contributed by atoms with Gasteiger partial charge < -0.3 is 0 Å². The van der Waals surface area contributed by atoms with Gasteiger partial charge in [-0.15, -0.1) is 22.7 Å². The van der Waals surface area contributed by atoms with Crippen LogP contribution in [0.2, 0.25) is 0 Å². The fourth-order valence-corrected chi connectivity index (χ4v) is 9.78. The van der Waals surface area contributed by atoms with Crippen molar-refractivity contribution in [3.63, 3.8) is 0 Å². The lowest BCUT2D eigenvalue weighted by Gasteiger charge is -2.06. The average molecular weight is 621 g/mol. The minimum absolute atomic E-state index is 1.21. The van der Waals surface area contributed by atoms with Crippen LogP contribution in [0, 0.1) is 0 Å². The van der Waals surface area contributed by atoms with E-state index in [0.717, 1.165) is 0 Å². The Balaban J connectivity index is 1.15. The Morgan fingerprint density at radius 2 is 0.773 bits per heavy atom. The van der Waals surface area contributed by atoms with Crippen molar-refractivity contribution >= 4 is 73.8 Å². The van der Waals surface area contributed by atoms with Crippen LogP contribution in [0.3, 0.4) is 0 Å². The highest BCUT2D eigenvalue weighted by atomic mass is 32.1. The van der Waals surface area contributed by atoms with E-state index in [1.807, 2.05) is 22.7 Å². The van der Waals surface area contributed by atoms with E-state index in [-0.39, 0.29) is 0 Å². The molecule has 0 amide bonds. The van der Waals surface area contributed by atoms with E-state index in [1.54, 1.807) is 0 Å². The zero-order valence-electron chi connectivity index (χ0n) is 27.3. The Kier molecular flexibility index (Phi) is 11.3. The summed E-state index contributed by atoms with van der Waals surface area (Å²) in [5, 5.41) is 8.47. The molecule has 2 aromatic heterocycles. The fraction of sp³-hybridized carbons (Fsp3) is 0.476. The standard InChI is InChI=1S/C42H52S2/c1-3-5-7-9-11-13-15-17-19-31-21-23-33-29-39-37(27-35(33)25-31)41-42(43-39)38-28-36-26-32(22-24-34(36)30-40(38)44-41)20-18-16-14-12-10-8-6-4-2/h21-30H,3-20H2,1-2H3. The zero-order chi connectivity index (χ0) is 30.1. The summed E-state index contributed by atoms with van der Waals surface area (Å²) in [6, 6.07) is 24.3. The van der Waals surface area contributed by atoms with Crippen molar-refractivity contribution in [2.24, 2.45) is 0 Å². The Bertz CT molecular complexity index is 1670. The van der Waals surface area contributed by atoms with Gasteiger partial charge in [0.25, 0.3) is 0 Å². The number of rotatable bonds is 18. The molecule has 0 aliphatic carbocycles. The van der Waals surface area contributed by atoms with Crippen molar-refractivity contribution < 1.29 is 0 Å². The van der Waals surface area contributed by atoms with Gasteiger partial charge in [0.1, 0.15) is 0 Å². The lowest BCUT2D eigenvalue weighted by Crippen LogP contribution is -1.87. The van der Waals surface area contributed by atoms with Gasteiger partial charge in [-0.3, -0.25) is 0 Å². The molecule has 2 heteroatoms. The third-order valence-electron chi connectivity index (χ3n) is 9.76. The Morgan fingerprint density at radius 3 is 1.18 bits per heavy atom. The summed E-state index contributed by atoms with van der Waals surface area (Å²) in [4.78, 5) is 0. The van der Waals surface area contributed by atoms with Gasteiger partial charge in [0.15, 0.2) is 0 Å². The molecule has 0 spiro atoms. The van der Waals surface area contributed by atoms with E-state index < -0.39 is 0 Å². The summed E-state index contributed by atoms with van der Waals surface area (Å²) < 4.78 is 5.81. The summed E-state index contributed by atoms with van der Waals surface area (Å²) in [5.74, 6) is 0. The Morgan fingerprint density at radius 1 is 0.386 bits per heavy atom. The van der Waals surface area contributed by atoms with Gasteiger partial charge in [-0.05, 0) is 82.6 Å². The molecule has 0 atom stereocenters. The van der Waals surface area contributed by atoms with Crippen molar-refractivity contribution in [3.05, 3.63) is 71.8 Å². The first kappa shape index (κ1) is 31.6. The van der Waals surface area contributed by atoms with E-state index in [9.17, 15) is 0 Å². The van der Waals surface area contributed by atoms with Gasteiger partial charge >= 0.3 is 0 Å². The summed E-state index contributed by atoms with van der Waals surface area (Å²) in [5.41, 5.74) is 3.00. The molecule has 6 rings (SSSR count). The van der Waals surface area contributed by atoms with Crippen LogP contribution in [0.25, 0.3) is 51.1 Å². The van der Waals surface area contributed by atoms with Gasteiger partial charge in [0, 0.05) is 20.2 Å². The van der Waals surface area contributed by atoms with Crippen LogP contribution in [0.5, 0.6) is 0 Å². The molecule has 2 heterocycles. The van der Waals surface area contributed by atoms with E-state index >= 15 is 0 Å². The number of benzene rings is 4. The number of thiophene rings is 2. The smallest absolute Gasteiger partial charge is 0.0542 e. The zero-order valence-corrected chi connectivity index (χ0v) is 29.0. The minimum atomic E-state index is 1.21. The van der Waals surface area contributed by atoms with Crippen LogP contribution in [-0.4, -0.2) is 0 Å². The summed E-state index contributed by atoms with van der Waals surface area (Å²) in [7, 11) is 0. The normalized spacial score (nSPS) is 12.1. The number of hydrogen-bond donors (Lipinski definition) is 0. The van der Waals surface area contributed by atoms with Gasteiger partial charge in [-0.2, -0.15) is 0 Å². The number of fused-ring (bicyclic) bond motifs is 7. The first-order valence-electron chi connectivity index (χ1n) is 18.0. The molecule has 6 aromatic rings. The minimum Gasteiger partial charge on any atom is -0.134 e. The largest absolute Gasteiger partial charge is 0.134 e. The molecule has 0 aliphatic rings. The van der Waals surface area contributed by atoms with Crippen LogP contribution in [0.4, 0.5) is 0 Å². The van der Waals surface area contributed by atoms with Crippen LogP contribution in [0.1, 0.15) is 128 Å². The Labute approximate surface area is 273 Å². The molecule has 44 heavy (non-hydrogen) atoms. The second kappa shape index (κ2) is 15.7. The molecule has 0 N–H and O–H groups in total. The lowest BCUT2D eigenvalue weighted by molar-refractivity contribution is 0.575. The molecule has 0 unspecified atom stereocenters.